The normalized spacial score (nSPS) is 11.6. The lowest BCUT2D eigenvalue weighted by atomic mass is 10.1. The molecule has 2 N–H and O–H groups in total. The molecule has 0 aromatic rings. The van der Waals surface area contributed by atoms with Crippen LogP contribution in [0.3, 0.4) is 0 Å². The van der Waals surface area contributed by atoms with Crippen LogP contribution < -0.4 is 10.6 Å². The van der Waals surface area contributed by atoms with Crippen LogP contribution >= 0.6 is 23.2 Å². The van der Waals surface area contributed by atoms with E-state index in [1.807, 2.05) is 0 Å². The summed E-state index contributed by atoms with van der Waals surface area (Å²) in [6.07, 6.45) is 1.75. The first-order valence-corrected chi connectivity index (χ1v) is 7.46. The molecule has 116 valence electrons. The molecule has 0 saturated heterocycles. The fraction of sp³-hybridized carbons (Fsp3) is 0.750. The largest absolute Gasteiger partial charge is 0.464 e. The van der Waals surface area contributed by atoms with Crippen molar-refractivity contribution in [2.45, 2.75) is 32.2 Å². The molecule has 0 rings (SSSR count). The van der Waals surface area contributed by atoms with Crippen molar-refractivity contribution in [3.8, 4) is 0 Å². The molecule has 1 atom stereocenters. The number of ether oxygens (including phenoxy) is 1. The Morgan fingerprint density at radius 1 is 1.10 bits per heavy atom. The Morgan fingerprint density at radius 3 is 2.30 bits per heavy atom. The average molecular weight is 327 g/mol. The van der Waals surface area contributed by atoms with Crippen LogP contribution in [0.5, 0.6) is 0 Å². The van der Waals surface area contributed by atoms with E-state index in [1.54, 1.807) is 6.92 Å². The van der Waals surface area contributed by atoms with Crippen molar-refractivity contribution in [1.29, 1.82) is 0 Å². The van der Waals surface area contributed by atoms with E-state index in [1.165, 1.54) is 0 Å². The number of alkyl halides is 2. The number of carbonyl (C=O) groups is 3. The van der Waals surface area contributed by atoms with E-state index in [9.17, 15) is 14.4 Å². The standard InChI is InChI=1S/C12H20Cl2N2O4/c1-2-20-12(19)9(16-11(18)8-14)5-3-4-6-15-10(17)7-13/h9H,2-8H2,1H3,(H,15,17)(H,16,18)/t9-/m0/s1. The van der Waals surface area contributed by atoms with Gasteiger partial charge in [0.05, 0.1) is 6.61 Å². The first-order valence-electron chi connectivity index (χ1n) is 6.39. The van der Waals surface area contributed by atoms with Gasteiger partial charge in [0.15, 0.2) is 0 Å². The van der Waals surface area contributed by atoms with Crippen molar-refractivity contribution in [1.82, 2.24) is 10.6 Å². The maximum atomic E-state index is 11.6. The van der Waals surface area contributed by atoms with Gasteiger partial charge < -0.3 is 15.4 Å². The van der Waals surface area contributed by atoms with Crippen LogP contribution in [-0.4, -0.2) is 48.7 Å². The number of amides is 2. The highest BCUT2D eigenvalue weighted by Gasteiger charge is 2.21. The molecule has 20 heavy (non-hydrogen) atoms. The van der Waals surface area contributed by atoms with Gasteiger partial charge in [-0.3, -0.25) is 9.59 Å². The van der Waals surface area contributed by atoms with Crippen LogP contribution in [0.1, 0.15) is 26.2 Å². The van der Waals surface area contributed by atoms with Crippen LogP contribution in [0.2, 0.25) is 0 Å². The van der Waals surface area contributed by atoms with Gasteiger partial charge in [0.25, 0.3) is 0 Å². The van der Waals surface area contributed by atoms with Crippen LogP contribution in [0.15, 0.2) is 0 Å². The number of nitrogens with one attached hydrogen (secondary N) is 2. The Balaban J connectivity index is 4.06. The van der Waals surface area contributed by atoms with Crippen molar-refractivity contribution in [3.05, 3.63) is 0 Å². The zero-order valence-corrected chi connectivity index (χ0v) is 12.9. The molecule has 0 aliphatic heterocycles. The molecule has 0 fully saturated rings. The summed E-state index contributed by atoms with van der Waals surface area (Å²) in [6.45, 7) is 2.42. The lowest BCUT2D eigenvalue weighted by Gasteiger charge is -2.16. The molecule has 0 aliphatic carbocycles. The minimum Gasteiger partial charge on any atom is -0.464 e. The van der Waals surface area contributed by atoms with Crippen LogP contribution in [0.4, 0.5) is 0 Å². The summed E-state index contributed by atoms with van der Waals surface area (Å²) in [5.74, 6) is -1.40. The zero-order valence-electron chi connectivity index (χ0n) is 11.4. The van der Waals surface area contributed by atoms with Crippen LogP contribution in [0, 0.1) is 0 Å². The second kappa shape index (κ2) is 11.8. The maximum Gasteiger partial charge on any atom is 0.328 e. The molecule has 8 heteroatoms. The van der Waals surface area contributed by atoms with E-state index < -0.39 is 17.9 Å². The number of halogens is 2. The molecule has 6 nitrogen and oxygen atoms in total. The summed E-state index contributed by atoms with van der Waals surface area (Å²) >= 11 is 10.7. The summed E-state index contributed by atoms with van der Waals surface area (Å²) in [4.78, 5) is 33.8. The van der Waals surface area contributed by atoms with E-state index in [0.717, 1.165) is 0 Å². The predicted octanol–water partition coefficient (Wildman–Crippen LogP) is 0.798. The first kappa shape index (κ1) is 19.0. The third-order valence-electron chi connectivity index (χ3n) is 2.39. The summed E-state index contributed by atoms with van der Waals surface area (Å²) in [7, 11) is 0. The molecule has 0 spiro atoms. The smallest absolute Gasteiger partial charge is 0.328 e. The molecular formula is C12H20Cl2N2O4. The topological polar surface area (TPSA) is 84.5 Å². The van der Waals surface area contributed by atoms with Gasteiger partial charge in [-0.2, -0.15) is 0 Å². The molecule has 0 saturated carbocycles. The number of rotatable bonds is 10. The van der Waals surface area contributed by atoms with Gasteiger partial charge in [-0.05, 0) is 26.2 Å². The predicted molar refractivity (Wildman–Crippen MR) is 76.9 cm³/mol. The monoisotopic (exact) mass is 326 g/mol. The molecular weight excluding hydrogens is 307 g/mol. The summed E-state index contributed by atoms with van der Waals surface area (Å²) in [5.41, 5.74) is 0. The molecule has 0 aromatic carbocycles. The quantitative estimate of drug-likeness (QED) is 0.353. The number of esters is 1. The first-order chi connectivity index (χ1) is 9.54. The third kappa shape index (κ3) is 8.98. The third-order valence-corrected chi connectivity index (χ3v) is 2.88. The minimum absolute atomic E-state index is 0.0722. The van der Waals surface area contributed by atoms with Crippen LogP contribution in [0.25, 0.3) is 0 Å². The fourth-order valence-corrected chi connectivity index (χ4v) is 1.64. The SMILES string of the molecule is CCOC(=O)[C@H](CCCCNC(=O)CCl)NC(=O)CCl. The summed E-state index contributed by atoms with van der Waals surface area (Å²) in [6, 6.07) is -0.704. The van der Waals surface area contributed by atoms with Crippen molar-refractivity contribution < 1.29 is 19.1 Å². The highest BCUT2D eigenvalue weighted by atomic mass is 35.5. The van der Waals surface area contributed by atoms with Gasteiger partial charge in [-0.1, -0.05) is 0 Å². The van der Waals surface area contributed by atoms with E-state index >= 15 is 0 Å². The number of hydrogen-bond acceptors (Lipinski definition) is 4. The van der Waals surface area contributed by atoms with Gasteiger partial charge in [0, 0.05) is 6.54 Å². The number of hydrogen-bond donors (Lipinski definition) is 2. The molecule has 0 bridgehead atoms. The fourth-order valence-electron chi connectivity index (χ4n) is 1.47. The minimum atomic E-state index is -0.704. The Kier molecular flexibility index (Phi) is 11.2. The van der Waals surface area contributed by atoms with E-state index in [2.05, 4.69) is 10.6 Å². The van der Waals surface area contributed by atoms with Gasteiger partial charge >= 0.3 is 5.97 Å². The van der Waals surface area contributed by atoms with E-state index in [4.69, 9.17) is 27.9 Å². The van der Waals surface area contributed by atoms with Crippen molar-refractivity contribution in [2.75, 3.05) is 24.9 Å². The molecule has 0 aliphatic rings. The van der Waals surface area contributed by atoms with Gasteiger partial charge in [0.2, 0.25) is 11.8 Å². The maximum absolute atomic E-state index is 11.6. The molecule has 0 heterocycles. The molecule has 0 unspecified atom stereocenters. The average Bonchev–Trinajstić information content (AvgIpc) is 2.45. The van der Waals surface area contributed by atoms with Gasteiger partial charge in [-0.15, -0.1) is 23.2 Å². The Morgan fingerprint density at radius 2 is 1.75 bits per heavy atom. The van der Waals surface area contributed by atoms with Crippen molar-refractivity contribution >= 4 is 41.0 Å². The van der Waals surface area contributed by atoms with Crippen molar-refractivity contribution in [3.63, 3.8) is 0 Å². The van der Waals surface area contributed by atoms with Crippen molar-refractivity contribution in [2.24, 2.45) is 0 Å². The Bertz CT molecular complexity index is 327. The summed E-state index contributed by atoms with van der Waals surface area (Å²) < 4.78 is 4.88. The van der Waals surface area contributed by atoms with Crippen LogP contribution in [-0.2, 0) is 19.1 Å². The Labute approximate surface area is 128 Å². The highest BCUT2D eigenvalue weighted by Crippen LogP contribution is 2.03. The molecule has 0 aromatic heterocycles. The number of carbonyl (C=O) groups excluding carboxylic acids is 3. The second-order valence-corrected chi connectivity index (χ2v) is 4.52. The van der Waals surface area contributed by atoms with Gasteiger partial charge in [0.1, 0.15) is 17.8 Å². The zero-order chi connectivity index (χ0) is 15.4. The van der Waals surface area contributed by atoms with Gasteiger partial charge in [-0.25, -0.2) is 4.79 Å². The molecule has 0 radical (unpaired) electrons. The summed E-state index contributed by atoms with van der Waals surface area (Å²) in [5, 5.41) is 5.13. The van der Waals surface area contributed by atoms with E-state index in [0.29, 0.717) is 25.8 Å². The van der Waals surface area contributed by atoms with E-state index in [-0.39, 0.29) is 24.3 Å². The highest BCUT2D eigenvalue weighted by molar-refractivity contribution is 6.27. The lowest BCUT2D eigenvalue weighted by molar-refractivity contribution is -0.147. The molecule has 2 amide bonds. The lowest BCUT2D eigenvalue weighted by Crippen LogP contribution is -2.42. The second-order valence-electron chi connectivity index (χ2n) is 3.99. The number of unbranched alkanes of at least 4 members (excludes halogenated alkanes) is 1. The Hall–Kier alpha value is -1.01.